The summed E-state index contributed by atoms with van der Waals surface area (Å²) in [6, 6.07) is -0.743. The van der Waals surface area contributed by atoms with Gasteiger partial charge in [-0.3, -0.25) is 9.59 Å². The average Bonchev–Trinajstić information content (AvgIpc) is 2.06. The van der Waals surface area contributed by atoms with Gasteiger partial charge in [0.2, 0.25) is 0 Å². The minimum Gasteiger partial charge on any atom is -0.480 e. The Morgan fingerprint density at radius 1 is 1.38 bits per heavy atom. The van der Waals surface area contributed by atoms with Crippen molar-refractivity contribution in [3.63, 3.8) is 0 Å². The summed E-state index contributed by atoms with van der Waals surface area (Å²) in [6.45, 7) is -0.278. The van der Waals surface area contributed by atoms with Gasteiger partial charge < -0.3 is 21.7 Å². The molecule has 0 saturated carbocycles. The fourth-order valence-electron chi connectivity index (χ4n) is 0.263. The molecule has 0 aromatic heterocycles. The zero-order valence-corrected chi connectivity index (χ0v) is 7.91. The Kier molecular flexibility index (Phi) is 10.5. The maximum atomic E-state index is 9.93. The molecule has 0 amide bonds. The summed E-state index contributed by atoms with van der Waals surface area (Å²) < 4.78 is 0. The van der Waals surface area contributed by atoms with Crippen molar-refractivity contribution in [1.82, 2.24) is 0 Å². The first-order valence-corrected chi connectivity index (χ1v) is 4.10. The van der Waals surface area contributed by atoms with Gasteiger partial charge in [0, 0.05) is 0 Å². The van der Waals surface area contributed by atoms with E-state index < -0.39 is 18.0 Å². The molecule has 6 nitrogen and oxygen atoms in total. The number of carbonyl (C=O) groups is 2. The lowest BCUT2D eigenvalue weighted by Gasteiger charge is -2.00. The molecule has 0 aliphatic rings. The van der Waals surface area contributed by atoms with Gasteiger partial charge in [-0.15, -0.1) is 0 Å². The van der Waals surface area contributed by atoms with Crippen LogP contribution in [0.2, 0.25) is 0 Å². The van der Waals surface area contributed by atoms with Crippen LogP contribution >= 0.6 is 12.6 Å². The Morgan fingerprint density at radius 3 is 1.85 bits per heavy atom. The van der Waals surface area contributed by atoms with E-state index in [0.717, 1.165) is 0 Å². The highest BCUT2D eigenvalue weighted by Gasteiger charge is 2.08. The Bertz CT molecular complexity index is 165. The predicted octanol–water partition coefficient (Wildman–Crippen LogP) is -1.25. The molecule has 7 heteroatoms. The fraction of sp³-hybridized carbons (Fsp3) is 0.667. The Balaban J connectivity index is 0. The first kappa shape index (κ1) is 14.7. The highest BCUT2D eigenvalue weighted by molar-refractivity contribution is 7.80. The summed E-state index contributed by atoms with van der Waals surface area (Å²) >= 11 is 3.81. The number of nitrogens with two attached hydrogens (primary N) is 2. The lowest BCUT2D eigenvalue weighted by Crippen LogP contribution is -2.30. The van der Waals surface area contributed by atoms with Gasteiger partial charge in [-0.25, -0.2) is 0 Å². The van der Waals surface area contributed by atoms with Crippen LogP contribution in [0.3, 0.4) is 0 Å². The molecule has 0 unspecified atom stereocenters. The van der Waals surface area contributed by atoms with Gasteiger partial charge in [-0.2, -0.15) is 12.6 Å². The molecular weight excluding hydrogens is 196 g/mol. The molecule has 0 aliphatic heterocycles. The van der Waals surface area contributed by atoms with Crippen molar-refractivity contribution >= 4 is 24.6 Å². The molecule has 6 N–H and O–H groups in total. The number of hydrogen-bond acceptors (Lipinski definition) is 5. The summed E-state index contributed by atoms with van der Waals surface area (Å²) in [7, 11) is 0. The second-order valence-electron chi connectivity index (χ2n) is 2.05. The van der Waals surface area contributed by atoms with Crippen molar-refractivity contribution in [2.24, 2.45) is 11.5 Å². The number of rotatable bonds is 4. The van der Waals surface area contributed by atoms with E-state index in [1.807, 2.05) is 0 Å². The molecule has 0 aromatic carbocycles. The van der Waals surface area contributed by atoms with Gasteiger partial charge in [0.05, 0.1) is 6.54 Å². The molecule has 0 radical (unpaired) electrons. The summed E-state index contributed by atoms with van der Waals surface area (Å²) in [6.07, 6.45) is 0.429. The quantitative estimate of drug-likeness (QED) is 0.369. The van der Waals surface area contributed by atoms with Crippen molar-refractivity contribution in [3.8, 4) is 0 Å². The molecule has 0 rings (SSSR count). The molecule has 78 valence electrons. The molecular formula is C6H14N2O4S. The summed E-state index contributed by atoms with van der Waals surface area (Å²) in [5.41, 5.74) is 9.65. The highest BCUT2D eigenvalue weighted by Crippen LogP contribution is 1.88. The molecule has 0 spiro atoms. The van der Waals surface area contributed by atoms with Gasteiger partial charge in [0.1, 0.15) is 6.04 Å². The van der Waals surface area contributed by atoms with Crippen molar-refractivity contribution < 1.29 is 19.8 Å². The molecule has 1 atom stereocenters. The van der Waals surface area contributed by atoms with Crippen LogP contribution in [-0.4, -0.2) is 40.5 Å². The molecule has 13 heavy (non-hydrogen) atoms. The van der Waals surface area contributed by atoms with Crippen molar-refractivity contribution in [3.05, 3.63) is 0 Å². The minimum atomic E-state index is -0.968. The van der Waals surface area contributed by atoms with E-state index in [4.69, 9.17) is 15.9 Å². The Hall–Kier alpha value is -0.790. The van der Waals surface area contributed by atoms with Crippen molar-refractivity contribution in [2.45, 2.75) is 12.5 Å². The highest BCUT2D eigenvalue weighted by atomic mass is 32.1. The number of aliphatic carboxylic acids is 2. The van der Waals surface area contributed by atoms with E-state index >= 15 is 0 Å². The van der Waals surface area contributed by atoms with Gasteiger partial charge in [-0.1, -0.05) is 0 Å². The van der Waals surface area contributed by atoms with Crippen LogP contribution in [0.1, 0.15) is 6.42 Å². The van der Waals surface area contributed by atoms with Crippen LogP contribution in [0.15, 0.2) is 0 Å². The summed E-state index contributed by atoms with van der Waals surface area (Å²) in [4.78, 5) is 19.2. The molecule has 0 heterocycles. The largest absolute Gasteiger partial charge is 0.480 e. The third kappa shape index (κ3) is 14.1. The smallest absolute Gasteiger partial charge is 0.320 e. The Labute approximate surface area is 81.3 Å². The first-order chi connectivity index (χ1) is 5.95. The minimum absolute atomic E-state index is 0.278. The number of carboxylic acid groups (broad SMARTS) is 2. The van der Waals surface area contributed by atoms with E-state index in [-0.39, 0.29) is 6.54 Å². The van der Waals surface area contributed by atoms with Gasteiger partial charge in [-0.05, 0) is 12.2 Å². The first-order valence-electron chi connectivity index (χ1n) is 3.46. The van der Waals surface area contributed by atoms with E-state index in [1.54, 1.807) is 0 Å². The topological polar surface area (TPSA) is 127 Å². The van der Waals surface area contributed by atoms with Crippen LogP contribution < -0.4 is 11.5 Å². The van der Waals surface area contributed by atoms with E-state index in [0.29, 0.717) is 12.2 Å². The zero-order chi connectivity index (χ0) is 10.9. The van der Waals surface area contributed by atoms with Gasteiger partial charge in [0.25, 0.3) is 0 Å². The lowest BCUT2D eigenvalue weighted by atomic mass is 10.2. The molecule has 0 saturated heterocycles. The fourth-order valence-corrected chi connectivity index (χ4v) is 0.541. The summed E-state index contributed by atoms with van der Waals surface area (Å²) in [5, 5.41) is 15.8. The number of carboxylic acids is 2. The second kappa shape index (κ2) is 9.30. The average molecular weight is 210 g/mol. The molecule has 0 aliphatic carbocycles. The lowest BCUT2D eigenvalue weighted by molar-refractivity contribution is -0.138. The van der Waals surface area contributed by atoms with Gasteiger partial charge >= 0.3 is 11.9 Å². The predicted molar refractivity (Wildman–Crippen MR) is 50.8 cm³/mol. The Morgan fingerprint density at radius 2 is 1.77 bits per heavy atom. The van der Waals surface area contributed by atoms with Crippen LogP contribution in [-0.2, 0) is 9.59 Å². The number of hydrogen-bond donors (Lipinski definition) is 5. The second-order valence-corrected chi connectivity index (χ2v) is 2.50. The SMILES string of the molecule is NCC(=O)O.N[C@@H](CCS)C(=O)O. The standard InChI is InChI=1S/C4H9NO2S.C2H5NO2/c5-3(1-2-8)4(6)7;3-1-2(4)5/h3,8H,1-2,5H2,(H,6,7);1,3H2,(H,4,5)/t3-;/m0./s1. The molecule has 0 aromatic rings. The van der Waals surface area contributed by atoms with Crippen LogP contribution in [0.4, 0.5) is 0 Å². The van der Waals surface area contributed by atoms with Crippen LogP contribution in [0.25, 0.3) is 0 Å². The van der Waals surface area contributed by atoms with E-state index in [9.17, 15) is 9.59 Å². The normalized spacial score (nSPS) is 11.0. The zero-order valence-electron chi connectivity index (χ0n) is 7.01. The maximum Gasteiger partial charge on any atom is 0.320 e. The number of thiol groups is 1. The van der Waals surface area contributed by atoms with Crippen LogP contribution in [0.5, 0.6) is 0 Å². The summed E-state index contributed by atoms with van der Waals surface area (Å²) in [5.74, 6) is -1.41. The third-order valence-corrected chi connectivity index (χ3v) is 1.19. The molecule has 0 bridgehead atoms. The monoisotopic (exact) mass is 210 g/mol. The van der Waals surface area contributed by atoms with Crippen LogP contribution in [0, 0.1) is 0 Å². The third-order valence-electron chi connectivity index (χ3n) is 0.932. The van der Waals surface area contributed by atoms with E-state index in [2.05, 4.69) is 18.4 Å². The molecule has 0 fully saturated rings. The maximum absolute atomic E-state index is 9.93. The van der Waals surface area contributed by atoms with Crippen molar-refractivity contribution in [1.29, 1.82) is 0 Å². The van der Waals surface area contributed by atoms with E-state index in [1.165, 1.54) is 0 Å². The van der Waals surface area contributed by atoms with Crippen molar-refractivity contribution in [2.75, 3.05) is 12.3 Å². The van der Waals surface area contributed by atoms with Gasteiger partial charge in [0.15, 0.2) is 0 Å².